The van der Waals surface area contributed by atoms with Crippen LogP contribution in [-0.2, 0) is 6.61 Å². The summed E-state index contributed by atoms with van der Waals surface area (Å²) in [6.45, 7) is 4.08. The smallest absolute Gasteiger partial charge is 0.149 e. The van der Waals surface area contributed by atoms with Gasteiger partial charge in [0.05, 0.1) is 21.6 Å². The molecule has 1 aromatic heterocycles. The highest BCUT2D eigenvalue weighted by Crippen LogP contribution is 2.25. The first-order chi connectivity index (χ1) is 14.9. The van der Waals surface area contributed by atoms with E-state index in [1.807, 2.05) is 38.1 Å². The molecule has 0 aliphatic carbocycles. The third kappa shape index (κ3) is 4.45. The molecule has 4 aromatic rings. The first kappa shape index (κ1) is 20.6. The molecule has 0 atom stereocenters. The number of aromatic amines is 1. The summed E-state index contributed by atoms with van der Waals surface area (Å²) in [5.41, 5.74) is 5.48. The predicted octanol–water partition coefficient (Wildman–Crippen LogP) is 6.62. The number of allylic oxidation sites excluding steroid dienone is 1. The number of nitrogens with zero attached hydrogens (tertiary/aromatic N) is 2. The highest BCUT2D eigenvalue weighted by molar-refractivity contribution is 6.31. The van der Waals surface area contributed by atoms with Gasteiger partial charge < -0.3 is 9.72 Å². The van der Waals surface area contributed by atoms with Gasteiger partial charge in [0, 0.05) is 5.56 Å². The first-order valence-corrected chi connectivity index (χ1v) is 10.1. The third-order valence-corrected chi connectivity index (χ3v) is 5.44. The average Bonchev–Trinajstić information content (AvgIpc) is 3.14. The fraction of sp³-hybridized carbons (Fsp3) is 0.120. The van der Waals surface area contributed by atoms with E-state index < -0.39 is 5.82 Å². The number of ether oxygens (including phenoxy) is 1. The van der Waals surface area contributed by atoms with Gasteiger partial charge >= 0.3 is 0 Å². The Morgan fingerprint density at radius 2 is 1.94 bits per heavy atom. The van der Waals surface area contributed by atoms with E-state index in [-0.39, 0.29) is 6.61 Å². The molecule has 0 aliphatic rings. The summed E-state index contributed by atoms with van der Waals surface area (Å²) in [5.74, 6) is 0.638. The molecule has 0 saturated heterocycles. The zero-order valence-electron chi connectivity index (χ0n) is 17.0. The van der Waals surface area contributed by atoms with Crippen LogP contribution in [-0.4, -0.2) is 9.97 Å². The average molecular weight is 432 g/mol. The normalized spacial score (nSPS) is 11.5. The standard InChI is InChI=1S/C25H19ClFN3O/c1-15-9-23-24(10-16(15)2)30-25(29-23)18(13-28)11-17-5-3-6-19(12-17)31-14-20-21(26)7-4-8-22(20)27/h3-12H,14H2,1-2H3,(H,29,30)/b18-11+. The van der Waals surface area contributed by atoms with Gasteiger partial charge in [-0.2, -0.15) is 5.26 Å². The molecule has 0 aliphatic heterocycles. The summed E-state index contributed by atoms with van der Waals surface area (Å²) in [7, 11) is 0. The molecular formula is C25H19ClFN3O. The number of nitrogens with one attached hydrogen (secondary N) is 1. The van der Waals surface area contributed by atoms with Gasteiger partial charge in [-0.25, -0.2) is 9.37 Å². The van der Waals surface area contributed by atoms with E-state index in [0.717, 1.165) is 27.7 Å². The molecule has 1 heterocycles. The molecule has 154 valence electrons. The van der Waals surface area contributed by atoms with Crippen LogP contribution in [0, 0.1) is 31.0 Å². The third-order valence-electron chi connectivity index (χ3n) is 5.09. The lowest BCUT2D eigenvalue weighted by molar-refractivity contribution is 0.300. The largest absolute Gasteiger partial charge is 0.489 e. The molecule has 4 nitrogen and oxygen atoms in total. The van der Waals surface area contributed by atoms with Crippen LogP contribution in [0.4, 0.5) is 4.39 Å². The van der Waals surface area contributed by atoms with Crippen molar-refractivity contribution in [3.63, 3.8) is 0 Å². The van der Waals surface area contributed by atoms with Crippen LogP contribution in [0.25, 0.3) is 22.7 Å². The second-order valence-electron chi connectivity index (χ2n) is 7.27. The molecule has 31 heavy (non-hydrogen) atoms. The molecule has 6 heteroatoms. The van der Waals surface area contributed by atoms with E-state index in [9.17, 15) is 9.65 Å². The Morgan fingerprint density at radius 1 is 1.16 bits per heavy atom. The van der Waals surface area contributed by atoms with Crippen molar-refractivity contribution in [2.24, 2.45) is 0 Å². The van der Waals surface area contributed by atoms with Crippen molar-refractivity contribution < 1.29 is 9.13 Å². The number of halogens is 2. The number of aryl methyl sites for hydroxylation is 2. The summed E-state index contributed by atoms with van der Waals surface area (Å²) < 4.78 is 19.7. The summed E-state index contributed by atoms with van der Waals surface area (Å²) in [5, 5.41) is 10.0. The van der Waals surface area contributed by atoms with E-state index in [0.29, 0.717) is 27.7 Å². The topological polar surface area (TPSA) is 61.7 Å². The van der Waals surface area contributed by atoms with Gasteiger partial charge in [0.1, 0.15) is 30.1 Å². The quantitative estimate of drug-likeness (QED) is 0.361. The van der Waals surface area contributed by atoms with Crippen LogP contribution in [0.2, 0.25) is 5.02 Å². The molecule has 0 unspecified atom stereocenters. The number of hydrogen-bond donors (Lipinski definition) is 1. The minimum Gasteiger partial charge on any atom is -0.489 e. The number of fused-ring (bicyclic) bond motifs is 1. The van der Waals surface area contributed by atoms with E-state index in [1.54, 1.807) is 30.3 Å². The van der Waals surface area contributed by atoms with Gasteiger partial charge in [-0.15, -0.1) is 0 Å². The SMILES string of the molecule is Cc1cc2nc(/C(C#N)=C/c3cccc(OCc4c(F)cccc4Cl)c3)[nH]c2cc1C. The number of H-pyrrole nitrogens is 1. The Kier molecular flexibility index (Phi) is 5.75. The fourth-order valence-corrected chi connectivity index (χ4v) is 3.45. The van der Waals surface area contributed by atoms with Gasteiger partial charge in [0.25, 0.3) is 0 Å². The maximum absolute atomic E-state index is 14.0. The molecule has 0 fully saturated rings. The first-order valence-electron chi connectivity index (χ1n) is 9.69. The molecule has 0 radical (unpaired) electrons. The van der Waals surface area contributed by atoms with Crippen molar-refractivity contribution in [1.82, 2.24) is 9.97 Å². The van der Waals surface area contributed by atoms with Crippen molar-refractivity contribution in [2.75, 3.05) is 0 Å². The van der Waals surface area contributed by atoms with E-state index >= 15 is 0 Å². The second-order valence-corrected chi connectivity index (χ2v) is 7.68. The molecule has 1 N–H and O–H groups in total. The van der Waals surface area contributed by atoms with Crippen LogP contribution >= 0.6 is 11.6 Å². The molecule has 0 amide bonds. The van der Waals surface area contributed by atoms with Crippen LogP contribution < -0.4 is 4.74 Å². The number of imidazole rings is 1. The van der Waals surface area contributed by atoms with Gasteiger partial charge in [0.15, 0.2) is 0 Å². The van der Waals surface area contributed by atoms with Gasteiger partial charge in [-0.3, -0.25) is 0 Å². The molecule has 0 spiro atoms. The highest BCUT2D eigenvalue weighted by Gasteiger charge is 2.11. The Bertz CT molecular complexity index is 1290. The van der Waals surface area contributed by atoms with Gasteiger partial charge in [-0.05, 0) is 73.0 Å². The Labute approximate surface area is 184 Å². The Morgan fingerprint density at radius 3 is 2.71 bits per heavy atom. The Hall–Kier alpha value is -3.62. The highest BCUT2D eigenvalue weighted by atomic mass is 35.5. The maximum Gasteiger partial charge on any atom is 0.149 e. The van der Waals surface area contributed by atoms with Crippen molar-refractivity contribution >= 4 is 34.3 Å². The number of nitriles is 1. The zero-order chi connectivity index (χ0) is 22.0. The van der Waals surface area contributed by atoms with E-state index in [2.05, 4.69) is 16.0 Å². The summed E-state index contributed by atoms with van der Waals surface area (Å²) >= 11 is 6.06. The molecule has 4 rings (SSSR count). The van der Waals surface area contributed by atoms with E-state index in [4.69, 9.17) is 16.3 Å². The number of rotatable bonds is 5. The summed E-state index contributed by atoms with van der Waals surface area (Å²) in [6, 6.07) is 18.0. The lowest BCUT2D eigenvalue weighted by atomic mass is 10.1. The number of benzene rings is 3. The summed E-state index contributed by atoms with van der Waals surface area (Å²) in [6.07, 6.45) is 1.74. The fourth-order valence-electron chi connectivity index (χ4n) is 3.24. The minimum atomic E-state index is -0.411. The molecule has 0 bridgehead atoms. The monoisotopic (exact) mass is 431 g/mol. The Balaban J connectivity index is 1.60. The van der Waals surface area contributed by atoms with Crippen molar-refractivity contribution in [2.45, 2.75) is 20.5 Å². The van der Waals surface area contributed by atoms with Gasteiger partial charge in [0.2, 0.25) is 0 Å². The van der Waals surface area contributed by atoms with Crippen molar-refractivity contribution in [1.29, 1.82) is 5.26 Å². The van der Waals surface area contributed by atoms with Gasteiger partial charge in [-0.1, -0.05) is 29.8 Å². The van der Waals surface area contributed by atoms with Crippen molar-refractivity contribution in [3.05, 3.63) is 93.5 Å². The number of hydrogen-bond acceptors (Lipinski definition) is 3. The lowest BCUT2D eigenvalue weighted by Gasteiger charge is -2.09. The molecule has 0 saturated carbocycles. The molecule has 3 aromatic carbocycles. The van der Waals surface area contributed by atoms with Crippen molar-refractivity contribution in [3.8, 4) is 11.8 Å². The van der Waals surface area contributed by atoms with Crippen LogP contribution in [0.15, 0.2) is 54.6 Å². The van der Waals surface area contributed by atoms with Crippen LogP contribution in [0.1, 0.15) is 28.1 Å². The second kappa shape index (κ2) is 8.63. The molecular weight excluding hydrogens is 413 g/mol. The lowest BCUT2D eigenvalue weighted by Crippen LogP contribution is -1.99. The van der Waals surface area contributed by atoms with Crippen LogP contribution in [0.3, 0.4) is 0 Å². The predicted molar refractivity (Wildman–Crippen MR) is 121 cm³/mol. The van der Waals surface area contributed by atoms with E-state index in [1.165, 1.54) is 6.07 Å². The summed E-state index contributed by atoms with van der Waals surface area (Å²) in [4.78, 5) is 7.79. The maximum atomic E-state index is 14.0. The number of aromatic nitrogens is 2. The van der Waals surface area contributed by atoms with Crippen LogP contribution in [0.5, 0.6) is 5.75 Å². The zero-order valence-corrected chi connectivity index (χ0v) is 17.8. The minimum absolute atomic E-state index is 0.00601.